The first-order chi connectivity index (χ1) is 14.4. The Kier molecular flexibility index (Phi) is 6.68. The Balaban J connectivity index is 1.63. The largest absolute Gasteiger partial charge is 0.497 e. The van der Waals surface area contributed by atoms with E-state index >= 15 is 0 Å². The molecule has 2 heterocycles. The van der Waals surface area contributed by atoms with E-state index < -0.39 is 11.9 Å². The second-order valence-electron chi connectivity index (χ2n) is 6.11. The van der Waals surface area contributed by atoms with E-state index in [0.717, 1.165) is 11.3 Å². The van der Waals surface area contributed by atoms with Crippen LogP contribution in [0.3, 0.4) is 0 Å². The maximum absolute atomic E-state index is 12.1. The van der Waals surface area contributed by atoms with Gasteiger partial charge in [-0.1, -0.05) is 0 Å². The van der Waals surface area contributed by atoms with Crippen molar-refractivity contribution in [2.45, 2.75) is 20.5 Å². The normalized spacial score (nSPS) is 10.6. The van der Waals surface area contributed by atoms with Crippen LogP contribution in [0.15, 0.2) is 24.3 Å². The van der Waals surface area contributed by atoms with Crippen molar-refractivity contribution >= 4 is 39.3 Å². The molecular formula is C20H21N3O6S. The van der Waals surface area contributed by atoms with Gasteiger partial charge in [-0.25, -0.2) is 19.6 Å². The number of esters is 2. The topological polar surface area (TPSA) is 123 Å². The Labute approximate surface area is 176 Å². The number of carbonyl (C=O) groups is 2. The smallest absolute Gasteiger partial charge is 0.348 e. The van der Waals surface area contributed by atoms with E-state index in [-0.39, 0.29) is 31.5 Å². The molecule has 9 nitrogen and oxygen atoms in total. The maximum atomic E-state index is 12.1. The molecule has 2 aromatic heterocycles. The fraction of sp³-hybridized carbons (Fsp3) is 0.300. The van der Waals surface area contributed by atoms with Crippen molar-refractivity contribution in [1.29, 1.82) is 0 Å². The van der Waals surface area contributed by atoms with Crippen molar-refractivity contribution in [3.8, 4) is 11.5 Å². The molecule has 0 spiro atoms. The second-order valence-corrected chi connectivity index (χ2v) is 7.11. The van der Waals surface area contributed by atoms with Gasteiger partial charge in [0.1, 0.15) is 27.0 Å². The van der Waals surface area contributed by atoms with Crippen molar-refractivity contribution in [3.05, 3.63) is 40.5 Å². The fourth-order valence-electron chi connectivity index (χ4n) is 2.67. The van der Waals surface area contributed by atoms with Crippen LogP contribution in [0.4, 0.5) is 5.82 Å². The molecule has 3 aromatic rings. The molecule has 0 aliphatic rings. The standard InChI is InChI=1S/C20H21N3O6S/c1-4-27-20(25)17-11(2)16-18(21)22-14(23-19(16)30-17)9-29-15(24)10-28-13-7-5-12(26-3)6-8-13/h5-8H,4,9-10H2,1-3H3,(H2,21,22,23). The van der Waals surface area contributed by atoms with E-state index in [1.165, 1.54) is 0 Å². The number of nitrogens with zero attached hydrogens (tertiary/aromatic N) is 2. The van der Waals surface area contributed by atoms with E-state index in [1.807, 2.05) is 0 Å². The summed E-state index contributed by atoms with van der Waals surface area (Å²) >= 11 is 1.16. The van der Waals surface area contributed by atoms with Crippen molar-refractivity contribution in [2.24, 2.45) is 0 Å². The predicted octanol–water partition coefficient (Wildman–Crippen LogP) is 2.89. The molecule has 0 aliphatic heterocycles. The molecule has 0 amide bonds. The summed E-state index contributed by atoms with van der Waals surface area (Å²) in [5.41, 5.74) is 6.71. The molecule has 158 valence electrons. The number of thiophene rings is 1. The zero-order valence-electron chi connectivity index (χ0n) is 16.8. The lowest BCUT2D eigenvalue weighted by Crippen LogP contribution is -2.15. The molecule has 10 heteroatoms. The Morgan fingerprint density at radius 2 is 1.80 bits per heavy atom. The number of hydrogen-bond acceptors (Lipinski definition) is 10. The monoisotopic (exact) mass is 431 g/mol. The molecule has 0 saturated heterocycles. The first-order valence-electron chi connectivity index (χ1n) is 9.08. The number of nitrogens with two attached hydrogens (primary N) is 1. The van der Waals surface area contributed by atoms with E-state index in [4.69, 9.17) is 24.7 Å². The second kappa shape index (κ2) is 9.40. The first kappa shape index (κ1) is 21.3. The maximum Gasteiger partial charge on any atom is 0.348 e. The van der Waals surface area contributed by atoms with Crippen molar-refractivity contribution in [3.63, 3.8) is 0 Å². The van der Waals surface area contributed by atoms with E-state index in [1.54, 1.807) is 45.2 Å². The third-order valence-electron chi connectivity index (χ3n) is 4.10. The third kappa shape index (κ3) is 4.77. The molecule has 2 N–H and O–H groups in total. The summed E-state index contributed by atoms with van der Waals surface area (Å²) in [6.45, 7) is 3.33. The number of hydrogen-bond donors (Lipinski definition) is 1. The summed E-state index contributed by atoms with van der Waals surface area (Å²) in [5, 5.41) is 0.598. The van der Waals surface area contributed by atoms with Gasteiger partial charge in [-0.3, -0.25) is 0 Å². The minimum Gasteiger partial charge on any atom is -0.497 e. The number of fused-ring (bicyclic) bond motifs is 1. The third-order valence-corrected chi connectivity index (χ3v) is 5.27. The molecule has 0 bridgehead atoms. The van der Waals surface area contributed by atoms with Crippen LogP contribution >= 0.6 is 11.3 Å². The molecule has 30 heavy (non-hydrogen) atoms. The van der Waals surface area contributed by atoms with Crippen LogP contribution in [-0.2, 0) is 20.9 Å². The van der Waals surface area contributed by atoms with Crippen LogP contribution < -0.4 is 15.2 Å². The zero-order chi connectivity index (χ0) is 21.7. The Morgan fingerprint density at radius 1 is 1.10 bits per heavy atom. The lowest BCUT2D eigenvalue weighted by molar-refractivity contribution is -0.147. The van der Waals surface area contributed by atoms with Gasteiger partial charge in [0.15, 0.2) is 19.0 Å². The van der Waals surface area contributed by atoms with Crippen molar-refractivity contribution in [2.75, 3.05) is 26.1 Å². The highest BCUT2D eigenvalue weighted by molar-refractivity contribution is 7.20. The molecule has 0 atom stereocenters. The van der Waals surface area contributed by atoms with E-state index in [9.17, 15) is 9.59 Å². The highest BCUT2D eigenvalue weighted by Crippen LogP contribution is 2.33. The van der Waals surface area contributed by atoms with Crippen LogP contribution in [0, 0.1) is 6.92 Å². The summed E-state index contributed by atoms with van der Waals surface area (Å²) in [7, 11) is 1.56. The lowest BCUT2D eigenvalue weighted by Gasteiger charge is -2.08. The van der Waals surface area contributed by atoms with Crippen LogP contribution in [0.5, 0.6) is 11.5 Å². The number of aryl methyl sites for hydroxylation is 1. The van der Waals surface area contributed by atoms with Gasteiger partial charge in [-0.05, 0) is 43.7 Å². The molecule has 0 aliphatic carbocycles. The van der Waals surface area contributed by atoms with Crippen LogP contribution in [-0.4, -0.2) is 42.2 Å². The van der Waals surface area contributed by atoms with Crippen LogP contribution in [0.1, 0.15) is 28.0 Å². The SMILES string of the molecule is CCOC(=O)c1sc2nc(COC(=O)COc3ccc(OC)cc3)nc(N)c2c1C. The minimum absolute atomic E-state index is 0.170. The molecule has 0 unspecified atom stereocenters. The van der Waals surface area contributed by atoms with Gasteiger partial charge in [0.2, 0.25) is 0 Å². The Morgan fingerprint density at radius 3 is 2.47 bits per heavy atom. The van der Waals surface area contributed by atoms with Crippen LogP contribution in [0.25, 0.3) is 10.2 Å². The van der Waals surface area contributed by atoms with Gasteiger partial charge in [0.05, 0.1) is 19.1 Å². The molecular weight excluding hydrogens is 410 g/mol. The summed E-state index contributed by atoms with van der Waals surface area (Å²) < 4.78 is 20.7. The summed E-state index contributed by atoms with van der Waals surface area (Å²) in [6, 6.07) is 6.81. The highest BCUT2D eigenvalue weighted by Gasteiger charge is 2.20. The van der Waals surface area contributed by atoms with Gasteiger partial charge < -0.3 is 24.7 Å². The van der Waals surface area contributed by atoms with Gasteiger partial charge in [-0.15, -0.1) is 11.3 Å². The van der Waals surface area contributed by atoms with Gasteiger partial charge >= 0.3 is 11.9 Å². The predicted molar refractivity (Wildman–Crippen MR) is 111 cm³/mol. The molecule has 0 saturated carbocycles. The molecule has 1 aromatic carbocycles. The van der Waals surface area contributed by atoms with Gasteiger partial charge in [0, 0.05) is 0 Å². The molecule has 0 fully saturated rings. The summed E-state index contributed by atoms with van der Waals surface area (Å²) in [4.78, 5) is 33.5. The average Bonchev–Trinajstić information content (AvgIpc) is 3.08. The van der Waals surface area contributed by atoms with E-state index in [2.05, 4.69) is 9.97 Å². The number of carbonyl (C=O) groups excluding carboxylic acids is 2. The molecule has 3 rings (SSSR count). The number of ether oxygens (including phenoxy) is 4. The number of methoxy groups -OCH3 is 1. The molecule has 0 radical (unpaired) electrons. The first-order valence-corrected chi connectivity index (χ1v) is 9.89. The minimum atomic E-state index is -0.581. The number of nitrogen functional groups attached to an aromatic ring is 1. The number of benzene rings is 1. The van der Waals surface area contributed by atoms with Crippen molar-refractivity contribution in [1.82, 2.24) is 9.97 Å². The highest BCUT2D eigenvalue weighted by atomic mass is 32.1. The van der Waals surface area contributed by atoms with Crippen molar-refractivity contribution < 1.29 is 28.5 Å². The van der Waals surface area contributed by atoms with Gasteiger partial charge in [-0.2, -0.15) is 0 Å². The van der Waals surface area contributed by atoms with Gasteiger partial charge in [0.25, 0.3) is 0 Å². The number of rotatable bonds is 8. The van der Waals surface area contributed by atoms with E-state index in [0.29, 0.717) is 32.2 Å². The number of aromatic nitrogens is 2. The Hall–Kier alpha value is -3.40. The number of anilines is 1. The quantitative estimate of drug-likeness (QED) is 0.536. The summed E-state index contributed by atoms with van der Waals surface area (Å²) in [6.07, 6.45) is 0. The fourth-order valence-corrected chi connectivity index (χ4v) is 3.77. The summed E-state index contributed by atoms with van der Waals surface area (Å²) in [5.74, 6) is 0.628. The zero-order valence-corrected chi connectivity index (χ0v) is 17.6. The average molecular weight is 431 g/mol. The van der Waals surface area contributed by atoms with Crippen LogP contribution in [0.2, 0.25) is 0 Å². The lowest BCUT2D eigenvalue weighted by atomic mass is 10.2. The Bertz CT molecular complexity index is 1060.